The molecule has 0 saturated carbocycles. The first-order chi connectivity index (χ1) is 6.11. The zero-order valence-electron chi connectivity index (χ0n) is 7.21. The third-order valence-corrected chi connectivity index (χ3v) is 1.69. The molecule has 0 aromatic heterocycles. The SMILES string of the molecule is CNc1ccc2c(c1)OC(F)(F)O2.Cl. The monoisotopic (exact) mass is 223 g/mol. The number of alkyl halides is 2. The lowest BCUT2D eigenvalue weighted by Crippen LogP contribution is -2.25. The van der Waals surface area contributed by atoms with Gasteiger partial charge in [-0.05, 0) is 12.1 Å². The van der Waals surface area contributed by atoms with E-state index in [2.05, 4.69) is 14.8 Å². The molecule has 1 aliphatic rings. The van der Waals surface area contributed by atoms with Gasteiger partial charge < -0.3 is 14.8 Å². The normalized spacial score (nSPS) is 15.9. The molecule has 1 aromatic carbocycles. The van der Waals surface area contributed by atoms with Crippen molar-refractivity contribution in [1.82, 2.24) is 0 Å². The Labute approximate surface area is 85.4 Å². The highest BCUT2D eigenvalue weighted by Gasteiger charge is 2.43. The Morgan fingerprint density at radius 1 is 1.21 bits per heavy atom. The predicted molar refractivity (Wildman–Crippen MR) is 49.4 cm³/mol. The zero-order chi connectivity index (χ0) is 9.47. The van der Waals surface area contributed by atoms with E-state index in [1.807, 2.05) is 0 Å². The molecular weight excluding hydrogens is 216 g/mol. The molecule has 2 rings (SSSR count). The molecule has 0 spiro atoms. The molecule has 3 nitrogen and oxygen atoms in total. The summed E-state index contributed by atoms with van der Waals surface area (Å²) < 4.78 is 33.5. The Morgan fingerprint density at radius 3 is 2.50 bits per heavy atom. The molecule has 6 heteroatoms. The van der Waals surface area contributed by atoms with Crippen molar-refractivity contribution in [2.75, 3.05) is 12.4 Å². The van der Waals surface area contributed by atoms with Gasteiger partial charge in [0.2, 0.25) is 0 Å². The molecule has 0 saturated heterocycles. The molecule has 0 radical (unpaired) electrons. The van der Waals surface area contributed by atoms with Crippen LogP contribution in [0.4, 0.5) is 14.5 Å². The van der Waals surface area contributed by atoms with Crippen LogP contribution in [-0.2, 0) is 0 Å². The minimum absolute atomic E-state index is 0. The van der Waals surface area contributed by atoms with E-state index in [1.165, 1.54) is 12.1 Å². The highest BCUT2D eigenvalue weighted by Crippen LogP contribution is 2.41. The summed E-state index contributed by atoms with van der Waals surface area (Å²) >= 11 is 0. The minimum atomic E-state index is -3.53. The summed E-state index contributed by atoms with van der Waals surface area (Å²) in [6, 6.07) is 4.52. The Morgan fingerprint density at radius 2 is 1.86 bits per heavy atom. The molecule has 1 aliphatic heterocycles. The Kier molecular flexibility index (Phi) is 2.71. The van der Waals surface area contributed by atoms with Crippen molar-refractivity contribution in [3.8, 4) is 11.5 Å². The van der Waals surface area contributed by atoms with Crippen molar-refractivity contribution in [2.45, 2.75) is 6.29 Å². The van der Waals surface area contributed by atoms with Gasteiger partial charge in [-0.2, -0.15) is 0 Å². The van der Waals surface area contributed by atoms with Gasteiger partial charge >= 0.3 is 6.29 Å². The van der Waals surface area contributed by atoms with Crippen molar-refractivity contribution in [3.05, 3.63) is 18.2 Å². The van der Waals surface area contributed by atoms with Crippen LogP contribution in [0.1, 0.15) is 0 Å². The summed E-state index contributed by atoms with van der Waals surface area (Å²) in [7, 11) is 1.69. The lowest BCUT2D eigenvalue weighted by Gasteiger charge is -2.04. The molecule has 0 unspecified atom stereocenters. The second-order valence-corrected chi connectivity index (χ2v) is 2.58. The fraction of sp³-hybridized carbons (Fsp3) is 0.250. The number of nitrogens with one attached hydrogen (secondary N) is 1. The second kappa shape index (κ2) is 3.49. The summed E-state index contributed by atoms with van der Waals surface area (Å²) in [5.74, 6) is 0.112. The lowest BCUT2D eigenvalue weighted by atomic mass is 10.3. The predicted octanol–water partition coefficient (Wildman–Crippen LogP) is 2.47. The molecular formula is C8H8ClF2NO2. The van der Waals surface area contributed by atoms with Crippen molar-refractivity contribution in [1.29, 1.82) is 0 Å². The zero-order valence-corrected chi connectivity index (χ0v) is 8.03. The van der Waals surface area contributed by atoms with Crippen molar-refractivity contribution in [3.63, 3.8) is 0 Å². The number of rotatable bonds is 1. The maximum atomic E-state index is 12.5. The average Bonchev–Trinajstić information content (AvgIpc) is 2.36. The van der Waals surface area contributed by atoms with Gasteiger partial charge in [-0.15, -0.1) is 21.2 Å². The van der Waals surface area contributed by atoms with Crippen molar-refractivity contribution >= 4 is 18.1 Å². The molecule has 0 atom stereocenters. The molecule has 0 fully saturated rings. The van der Waals surface area contributed by atoms with Gasteiger partial charge in [-0.25, -0.2) is 0 Å². The third-order valence-electron chi connectivity index (χ3n) is 1.69. The van der Waals surface area contributed by atoms with Crippen LogP contribution in [0.25, 0.3) is 0 Å². The van der Waals surface area contributed by atoms with Crippen LogP contribution in [0.5, 0.6) is 11.5 Å². The quantitative estimate of drug-likeness (QED) is 0.794. The number of hydrogen-bond donors (Lipinski definition) is 1. The number of hydrogen-bond acceptors (Lipinski definition) is 3. The van der Waals surface area contributed by atoms with Crippen LogP contribution in [0.3, 0.4) is 0 Å². The van der Waals surface area contributed by atoms with E-state index in [-0.39, 0.29) is 23.9 Å². The Hall–Kier alpha value is -1.23. The molecule has 1 aromatic rings. The summed E-state index contributed by atoms with van der Waals surface area (Å²) in [4.78, 5) is 0. The molecule has 0 amide bonds. The topological polar surface area (TPSA) is 30.5 Å². The molecule has 78 valence electrons. The maximum Gasteiger partial charge on any atom is 0.586 e. The van der Waals surface area contributed by atoms with Crippen LogP contribution in [0.15, 0.2) is 18.2 Å². The first-order valence-corrected chi connectivity index (χ1v) is 3.68. The van der Waals surface area contributed by atoms with Crippen LogP contribution in [0.2, 0.25) is 0 Å². The fourth-order valence-electron chi connectivity index (χ4n) is 1.10. The largest absolute Gasteiger partial charge is 0.586 e. The molecule has 1 heterocycles. The maximum absolute atomic E-state index is 12.5. The van der Waals surface area contributed by atoms with Crippen molar-refractivity contribution in [2.24, 2.45) is 0 Å². The van der Waals surface area contributed by atoms with E-state index >= 15 is 0 Å². The van der Waals surface area contributed by atoms with E-state index in [1.54, 1.807) is 13.1 Å². The summed E-state index contributed by atoms with van der Waals surface area (Å²) in [5, 5.41) is 2.80. The van der Waals surface area contributed by atoms with Gasteiger partial charge in [0, 0.05) is 18.8 Å². The van der Waals surface area contributed by atoms with Crippen molar-refractivity contribution < 1.29 is 18.3 Å². The highest BCUT2D eigenvalue weighted by molar-refractivity contribution is 5.85. The first kappa shape index (κ1) is 10.8. The van der Waals surface area contributed by atoms with Gasteiger partial charge in [0.25, 0.3) is 0 Å². The Bertz CT molecular complexity index is 346. The highest BCUT2D eigenvalue weighted by atomic mass is 35.5. The number of fused-ring (bicyclic) bond motifs is 1. The fourth-order valence-corrected chi connectivity index (χ4v) is 1.10. The van der Waals surface area contributed by atoms with Crippen LogP contribution >= 0.6 is 12.4 Å². The van der Waals surface area contributed by atoms with E-state index in [0.29, 0.717) is 5.69 Å². The van der Waals surface area contributed by atoms with E-state index in [0.717, 1.165) is 0 Å². The Balaban J connectivity index is 0.000000980. The minimum Gasteiger partial charge on any atom is -0.395 e. The molecule has 0 aliphatic carbocycles. The third kappa shape index (κ3) is 1.82. The van der Waals surface area contributed by atoms with Gasteiger partial charge in [-0.1, -0.05) is 0 Å². The van der Waals surface area contributed by atoms with E-state index < -0.39 is 6.29 Å². The van der Waals surface area contributed by atoms with Crippen LogP contribution in [0, 0.1) is 0 Å². The average molecular weight is 224 g/mol. The van der Waals surface area contributed by atoms with Crippen LogP contribution in [-0.4, -0.2) is 13.3 Å². The number of anilines is 1. The van der Waals surface area contributed by atoms with Gasteiger partial charge in [0.15, 0.2) is 11.5 Å². The first-order valence-electron chi connectivity index (χ1n) is 3.68. The standard InChI is InChI=1S/C8H7F2NO2.ClH/c1-11-5-2-3-6-7(4-5)13-8(9,10)12-6;/h2-4,11H,1H3;1H. The number of ether oxygens (including phenoxy) is 2. The second-order valence-electron chi connectivity index (χ2n) is 2.58. The summed E-state index contributed by atoms with van der Waals surface area (Å²) in [6.45, 7) is 0. The smallest absolute Gasteiger partial charge is 0.395 e. The molecule has 14 heavy (non-hydrogen) atoms. The van der Waals surface area contributed by atoms with Gasteiger partial charge in [0.05, 0.1) is 0 Å². The summed E-state index contributed by atoms with van der Waals surface area (Å²) in [6.07, 6.45) is -3.53. The molecule has 0 bridgehead atoms. The van der Waals surface area contributed by atoms with E-state index in [4.69, 9.17) is 0 Å². The number of benzene rings is 1. The van der Waals surface area contributed by atoms with Crippen LogP contribution < -0.4 is 14.8 Å². The van der Waals surface area contributed by atoms with Gasteiger partial charge in [0.1, 0.15) is 0 Å². The molecule has 1 N–H and O–H groups in total. The summed E-state index contributed by atoms with van der Waals surface area (Å²) in [5.41, 5.74) is 0.694. The van der Waals surface area contributed by atoms with Gasteiger partial charge in [-0.3, -0.25) is 0 Å². The lowest BCUT2D eigenvalue weighted by molar-refractivity contribution is -0.286. The van der Waals surface area contributed by atoms with E-state index in [9.17, 15) is 8.78 Å². The number of halogens is 3.